The summed E-state index contributed by atoms with van der Waals surface area (Å²) in [7, 11) is 0. The Kier molecular flexibility index (Phi) is 6.26. The number of hydrogen-bond donors (Lipinski definition) is 0. The Bertz CT molecular complexity index is 917. The lowest BCUT2D eigenvalue weighted by Gasteiger charge is -2.13. The van der Waals surface area contributed by atoms with Gasteiger partial charge in [0.25, 0.3) is 0 Å². The van der Waals surface area contributed by atoms with Crippen LogP contribution in [0.5, 0.6) is 0 Å². The largest absolute Gasteiger partial charge is 0.270 e. The fourth-order valence-corrected chi connectivity index (χ4v) is 3.69. The Morgan fingerprint density at radius 1 is 1.15 bits per heavy atom. The van der Waals surface area contributed by atoms with E-state index in [4.69, 9.17) is 16.9 Å². The molecule has 7 heteroatoms. The number of thioether (sulfide) groups is 1. The molecule has 0 aliphatic heterocycles. The van der Waals surface area contributed by atoms with Gasteiger partial charge in [-0.1, -0.05) is 29.4 Å². The summed E-state index contributed by atoms with van der Waals surface area (Å²) in [6, 6.07) is 11.9. The van der Waals surface area contributed by atoms with Gasteiger partial charge < -0.3 is 0 Å². The molecule has 0 aliphatic carbocycles. The van der Waals surface area contributed by atoms with Gasteiger partial charge in [0, 0.05) is 35.2 Å². The SMILES string of the molecule is Cc1c(Cl)cccc1-n1c(SCCCCC#N)nnc1-c1ccncc1. The van der Waals surface area contributed by atoms with Crippen LogP contribution in [0.15, 0.2) is 47.9 Å². The number of aromatic nitrogens is 4. The predicted molar refractivity (Wildman–Crippen MR) is 105 cm³/mol. The summed E-state index contributed by atoms with van der Waals surface area (Å²) in [4.78, 5) is 4.08. The summed E-state index contributed by atoms with van der Waals surface area (Å²) in [5.41, 5.74) is 2.90. The topological polar surface area (TPSA) is 67.4 Å². The van der Waals surface area contributed by atoms with E-state index in [0.717, 1.165) is 46.4 Å². The van der Waals surface area contributed by atoms with Crippen LogP contribution < -0.4 is 0 Å². The maximum atomic E-state index is 8.66. The Labute approximate surface area is 162 Å². The second-order valence-electron chi connectivity index (χ2n) is 5.73. The maximum absolute atomic E-state index is 8.66. The van der Waals surface area contributed by atoms with Crippen LogP contribution in [0.25, 0.3) is 17.1 Å². The Hall–Kier alpha value is -2.36. The van der Waals surface area contributed by atoms with Gasteiger partial charge in [0.2, 0.25) is 0 Å². The van der Waals surface area contributed by atoms with Crippen LogP contribution in [0.1, 0.15) is 24.8 Å². The fourth-order valence-electron chi connectivity index (χ4n) is 2.58. The van der Waals surface area contributed by atoms with Gasteiger partial charge >= 0.3 is 0 Å². The number of nitriles is 1. The molecule has 0 spiro atoms. The minimum absolute atomic E-state index is 0.586. The van der Waals surface area contributed by atoms with E-state index in [1.165, 1.54) is 0 Å². The van der Waals surface area contributed by atoms with Crippen molar-refractivity contribution in [3.05, 3.63) is 53.3 Å². The molecule has 0 aliphatic rings. The van der Waals surface area contributed by atoms with Gasteiger partial charge in [-0.2, -0.15) is 5.26 Å². The van der Waals surface area contributed by atoms with E-state index >= 15 is 0 Å². The van der Waals surface area contributed by atoms with Crippen molar-refractivity contribution in [1.29, 1.82) is 5.26 Å². The van der Waals surface area contributed by atoms with E-state index in [1.807, 2.05) is 41.8 Å². The third kappa shape index (κ3) is 4.06. The number of nitrogens with zero attached hydrogens (tertiary/aromatic N) is 5. The van der Waals surface area contributed by atoms with Crippen LogP contribution in [0, 0.1) is 18.3 Å². The maximum Gasteiger partial charge on any atom is 0.196 e. The minimum atomic E-state index is 0.586. The molecule has 0 bridgehead atoms. The van der Waals surface area contributed by atoms with E-state index in [-0.39, 0.29) is 0 Å². The number of benzene rings is 1. The molecule has 0 amide bonds. The van der Waals surface area contributed by atoms with Gasteiger partial charge in [-0.25, -0.2) is 0 Å². The normalized spacial score (nSPS) is 10.7. The molecule has 3 rings (SSSR count). The fraction of sp³-hybridized carbons (Fsp3) is 0.263. The summed E-state index contributed by atoms with van der Waals surface area (Å²) in [5.74, 6) is 1.65. The van der Waals surface area contributed by atoms with Gasteiger partial charge in [0.05, 0.1) is 11.8 Å². The second-order valence-corrected chi connectivity index (χ2v) is 7.19. The Morgan fingerprint density at radius 2 is 1.96 bits per heavy atom. The smallest absolute Gasteiger partial charge is 0.196 e. The number of pyridine rings is 1. The third-order valence-electron chi connectivity index (χ3n) is 3.97. The molecule has 0 radical (unpaired) electrons. The van der Waals surface area contributed by atoms with Gasteiger partial charge in [-0.05, 0) is 49.6 Å². The van der Waals surface area contributed by atoms with Crippen molar-refractivity contribution in [2.24, 2.45) is 0 Å². The highest BCUT2D eigenvalue weighted by Crippen LogP contribution is 2.31. The average Bonchev–Trinajstić information content (AvgIpc) is 3.08. The zero-order chi connectivity index (χ0) is 18.4. The second kappa shape index (κ2) is 8.84. The highest BCUT2D eigenvalue weighted by molar-refractivity contribution is 7.99. The van der Waals surface area contributed by atoms with E-state index in [2.05, 4.69) is 21.3 Å². The first-order valence-corrected chi connectivity index (χ1v) is 9.69. The third-order valence-corrected chi connectivity index (χ3v) is 5.39. The molecule has 132 valence electrons. The zero-order valence-corrected chi connectivity index (χ0v) is 16.0. The molecule has 2 heterocycles. The first kappa shape index (κ1) is 18.4. The molecular weight excluding hydrogens is 366 g/mol. The highest BCUT2D eigenvalue weighted by atomic mass is 35.5. The molecule has 0 saturated carbocycles. The predicted octanol–water partition coefficient (Wildman–Crippen LogP) is 5.08. The molecule has 3 aromatic rings. The van der Waals surface area contributed by atoms with Gasteiger partial charge in [-0.15, -0.1) is 10.2 Å². The van der Waals surface area contributed by atoms with Crippen LogP contribution in [-0.2, 0) is 0 Å². The lowest BCUT2D eigenvalue weighted by Crippen LogP contribution is -2.02. The van der Waals surface area contributed by atoms with Crippen molar-refractivity contribution in [1.82, 2.24) is 19.7 Å². The average molecular weight is 384 g/mol. The van der Waals surface area contributed by atoms with Crippen LogP contribution in [0.2, 0.25) is 5.02 Å². The quantitative estimate of drug-likeness (QED) is 0.420. The highest BCUT2D eigenvalue weighted by Gasteiger charge is 2.18. The van der Waals surface area contributed by atoms with E-state index < -0.39 is 0 Å². The molecule has 0 unspecified atom stereocenters. The van der Waals surface area contributed by atoms with Crippen LogP contribution in [0.4, 0.5) is 0 Å². The van der Waals surface area contributed by atoms with E-state index in [0.29, 0.717) is 11.4 Å². The van der Waals surface area contributed by atoms with Crippen LogP contribution >= 0.6 is 23.4 Å². The van der Waals surface area contributed by atoms with Gasteiger partial charge in [0.15, 0.2) is 11.0 Å². The van der Waals surface area contributed by atoms with Crippen molar-refractivity contribution in [2.45, 2.75) is 31.3 Å². The first-order chi connectivity index (χ1) is 12.7. The standard InChI is InChI=1S/C19H18ClN5S/c1-14-16(20)6-5-7-17(14)25-18(15-8-11-22-12-9-15)23-24-19(25)26-13-4-2-3-10-21/h5-9,11-12H,2-4,13H2,1H3. The monoisotopic (exact) mass is 383 g/mol. The molecule has 0 saturated heterocycles. The molecule has 0 N–H and O–H groups in total. The molecule has 0 fully saturated rings. The molecule has 2 aromatic heterocycles. The number of hydrogen-bond acceptors (Lipinski definition) is 5. The van der Waals surface area contributed by atoms with Crippen LogP contribution in [-0.4, -0.2) is 25.5 Å². The number of rotatable bonds is 7. The van der Waals surface area contributed by atoms with Crippen molar-refractivity contribution in [3.8, 4) is 23.1 Å². The van der Waals surface area contributed by atoms with Crippen molar-refractivity contribution in [3.63, 3.8) is 0 Å². The minimum Gasteiger partial charge on any atom is -0.270 e. The van der Waals surface area contributed by atoms with Crippen molar-refractivity contribution >= 4 is 23.4 Å². The van der Waals surface area contributed by atoms with E-state index in [9.17, 15) is 0 Å². The summed E-state index contributed by atoms with van der Waals surface area (Å²) < 4.78 is 2.05. The molecule has 0 atom stereocenters. The first-order valence-electron chi connectivity index (χ1n) is 8.33. The summed E-state index contributed by atoms with van der Waals surface area (Å²) in [6.45, 7) is 2.00. The molecular formula is C19H18ClN5S. The Morgan fingerprint density at radius 3 is 2.73 bits per heavy atom. The lowest BCUT2D eigenvalue weighted by atomic mass is 10.2. The number of halogens is 1. The number of unbranched alkanes of at least 4 members (excludes halogenated alkanes) is 2. The summed E-state index contributed by atoms with van der Waals surface area (Å²) in [5, 5.41) is 19.0. The van der Waals surface area contributed by atoms with Gasteiger partial charge in [0.1, 0.15) is 0 Å². The zero-order valence-electron chi connectivity index (χ0n) is 14.4. The molecule has 1 aromatic carbocycles. The Balaban J connectivity index is 1.99. The summed E-state index contributed by atoms with van der Waals surface area (Å²) in [6.07, 6.45) is 5.93. The van der Waals surface area contributed by atoms with Crippen molar-refractivity contribution in [2.75, 3.05) is 5.75 Å². The molecule has 5 nitrogen and oxygen atoms in total. The van der Waals surface area contributed by atoms with E-state index in [1.54, 1.807) is 24.2 Å². The van der Waals surface area contributed by atoms with Crippen LogP contribution in [0.3, 0.4) is 0 Å². The summed E-state index contributed by atoms with van der Waals surface area (Å²) >= 11 is 7.99. The lowest BCUT2D eigenvalue weighted by molar-refractivity contribution is 0.822. The molecule has 26 heavy (non-hydrogen) atoms. The van der Waals surface area contributed by atoms with Gasteiger partial charge in [-0.3, -0.25) is 9.55 Å². The van der Waals surface area contributed by atoms with Crippen molar-refractivity contribution < 1.29 is 0 Å².